The van der Waals surface area contributed by atoms with Gasteiger partial charge < -0.3 is 10.8 Å². The van der Waals surface area contributed by atoms with Crippen LogP contribution in [0.15, 0.2) is 42.5 Å². The number of phenolic OH excluding ortho intramolecular Hbond substituents is 1. The van der Waals surface area contributed by atoms with Crippen LogP contribution >= 0.6 is 0 Å². The van der Waals surface area contributed by atoms with E-state index in [1.807, 2.05) is 12.1 Å². The standard InChI is InChI=1S/C19H23NO/c1-19(20,13-14-6-10-18(21)11-7-14)17-9-8-15-4-2-3-5-16(15)12-17/h6-12,21H,2-5,13,20H2,1H3. The van der Waals surface area contributed by atoms with E-state index in [9.17, 15) is 5.11 Å². The van der Waals surface area contributed by atoms with Crippen molar-refractivity contribution in [3.05, 3.63) is 64.7 Å². The Morgan fingerprint density at radius 2 is 1.67 bits per heavy atom. The number of aromatic hydroxyl groups is 1. The van der Waals surface area contributed by atoms with Crippen LogP contribution < -0.4 is 5.73 Å². The van der Waals surface area contributed by atoms with E-state index in [1.54, 1.807) is 12.1 Å². The van der Waals surface area contributed by atoms with Gasteiger partial charge in [-0.3, -0.25) is 0 Å². The van der Waals surface area contributed by atoms with E-state index in [1.165, 1.54) is 42.4 Å². The number of nitrogens with two attached hydrogens (primary N) is 1. The first-order valence-electron chi connectivity index (χ1n) is 7.74. The van der Waals surface area contributed by atoms with Crippen molar-refractivity contribution in [1.82, 2.24) is 0 Å². The molecule has 0 bridgehead atoms. The van der Waals surface area contributed by atoms with Gasteiger partial charge in [-0.25, -0.2) is 0 Å². The maximum Gasteiger partial charge on any atom is 0.115 e. The third kappa shape index (κ3) is 3.11. The molecule has 2 heteroatoms. The molecule has 0 radical (unpaired) electrons. The predicted molar refractivity (Wildman–Crippen MR) is 86.4 cm³/mol. The fraction of sp³-hybridized carbons (Fsp3) is 0.368. The zero-order valence-electron chi connectivity index (χ0n) is 12.6. The van der Waals surface area contributed by atoms with E-state index in [0.29, 0.717) is 5.75 Å². The van der Waals surface area contributed by atoms with E-state index >= 15 is 0 Å². The first-order valence-corrected chi connectivity index (χ1v) is 7.74. The topological polar surface area (TPSA) is 46.2 Å². The maximum atomic E-state index is 9.37. The second-order valence-corrected chi connectivity index (χ2v) is 6.45. The van der Waals surface area contributed by atoms with Crippen molar-refractivity contribution < 1.29 is 5.11 Å². The lowest BCUT2D eigenvalue weighted by atomic mass is 9.82. The van der Waals surface area contributed by atoms with Gasteiger partial charge in [0.15, 0.2) is 0 Å². The molecule has 3 rings (SSSR count). The maximum absolute atomic E-state index is 9.37. The van der Waals surface area contributed by atoms with Crippen molar-refractivity contribution in [2.24, 2.45) is 5.73 Å². The molecule has 0 saturated heterocycles. The number of rotatable bonds is 3. The summed E-state index contributed by atoms with van der Waals surface area (Å²) in [4.78, 5) is 0. The molecule has 110 valence electrons. The van der Waals surface area contributed by atoms with E-state index in [2.05, 4.69) is 25.1 Å². The molecule has 2 aromatic rings. The average Bonchev–Trinajstić information content (AvgIpc) is 2.49. The minimum absolute atomic E-state index is 0.297. The van der Waals surface area contributed by atoms with E-state index in [0.717, 1.165) is 12.0 Å². The van der Waals surface area contributed by atoms with Crippen LogP contribution in [0.3, 0.4) is 0 Å². The fourth-order valence-electron chi connectivity index (χ4n) is 3.23. The first-order chi connectivity index (χ1) is 10.0. The van der Waals surface area contributed by atoms with Gasteiger partial charge in [0, 0.05) is 5.54 Å². The lowest BCUT2D eigenvalue weighted by molar-refractivity contribution is 0.472. The van der Waals surface area contributed by atoms with Gasteiger partial charge in [0.05, 0.1) is 0 Å². The van der Waals surface area contributed by atoms with Crippen molar-refractivity contribution in [3.63, 3.8) is 0 Å². The van der Waals surface area contributed by atoms with Gasteiger partial charge in [0.25, 0.3) is 0 Å². The van der Waals surface area contributed by atoms with Crippen LogP contribution in [0.25, 0.3) is 0 Å². The number of hydrogen-bond acceptors (Lipinski definition) is 2. The Labute approximate surface area is 126 Å². The number of hydrogen-bond donors (Lipinski definition) is 2. The predicted octanol–water partition coefficient (Wildman–Crippen LogP) is 3.69. The largest absolute Gasteiger partial charge is 0.508 e. The number of benzene rings is 2. The Bertz CT molecular complexity index is 629. The SMILES string of the molecule is CC(N)(Cc1ccc(O)cc1)c1ccc2c(c1)CCCC2. The van der Waals surface area contributed by atoms with Gasteiger partial charge in [0.2, 0.25) is 0 Å². The van der Waals surface area contributed by atoms with Crippen molar-refractivity contribution in [3.8, 4) is 5.75 Å². The Morgan fingerprint density at radius 3 is 2.38 bits per heavy atom. The summed E-state index contributed by atoms with van der Waals surface area (Å²) < 4.78 is 0. The number of aryl methyl sites for hydroxylation is 2. The lowest BCUT2D eigenvalue weighted by Crippen LogP contribution is -2.35. The molecule has 1 unspecified atom stereocenters. The van der Waals surface area contributed by atoms with Gasteiger partial charge in [-0.15, -0.1) is 0 Å². The summed E-state index contributed by atoms with van der Waals surface area (Å²) in [5, 5.41) is 9.37. The zero-order chi connectivity index (χ0) is 14.9. The summed E-state index contributed by atoms with van der Waals surface area (Å²) in [6, 6.07) is 14.1. The number of phenols is 1. The van der Waals surface area contributed by atoms with E-state index in [-0.39, 0.29) is 5.54 Å². The van der Waals surface area contributed by atoms with Crippen LogP contribution in [0.1, 0.15) is 42.0 Å². The van der Waals surface area contributed by atoms with Crippen molar-refractivity contribution in [1.29, 1.82) is 0 Å². The van der Waals surface area contributed by atoms with Crippen molar-refractivity contribution in [2.45, 2.75) is 44.6 Å². The molecule has 0 saturated carbocycles. The summed E-state index contributed by atoms with van der Waals surface area (Å²) in [5.41, 5.74) is 11.5. The first kappa shape index (κ1) is 14.2. The highest BCUT2D eigenvalue weighted by molar-refractivity contribution is 5.38. The monoisotopic (exact) mass is 281 g/mol. The van der Waals surface area contributed by atoms with Gasteiger partial charge in [-0.2, -0.15) is 0 Å². The Hall–Kier alpha value is -1.80. The third-order valence-corrected chi connectivity index (χ3v) is 4.52. The number of fused-ring (bicyclic) bond motifs is 1. The highest BCUT2D eigenvalue weighted by atomic mass is 16.3. The van der Waals surface area contributed by atoms with Gasteiger partial charge >= 0.3 is 0 Å². The van der Waals surface area contributed by atoms with Crippen LogP contribution in [-0.4, -0.2) is 5.11 Å². The second-order valence-electron chi connectivity index (χ2n) is 6.45. The minimum Gasteiger partial charge on any atom is -0.508 e. The highest BCUT2D eigenvalue weighted by Gasteiger charge is 2.23. The molecule has 0 heterocycles. The average molecular weight is 281 g/mol. The molecule has 3 N–H and O–H groups in total. The van der Waals surface area contributed by atoms with E-state index < -0.39 is 0 Å². The van der Waals surface area contributed by atoms with Crippen molar-refractivity contribution in [2.75, 3.05) is 0 Å². The summed E-state index contributed by atoms with van der Waals surface area (Å²) >= 11 is 0. The van der Waals surface area contributed by atoms with E-state index in [4.69, 9.17) is 5.73 Å². The Morgan fingerprint density at radius 1 is 1.00 bits per heavy atom. The molecule has 1 aliphatic carbocycles. The normalized spacial score (nSPS) is 17.0. The molecule has 0 fully saturated rings. The highest BCUT2D eigenvalue weighted by Crippen LogP contribution is 2.28. The second kappa shape index (κ2) is 5.53. The van der Waals surface area contributed by atoms with Crippen LogP contribution in [0, 0.1) is 0 Å². The van der Waals surface area contributed by atoms with Gasteiger partial charge in [0.1, 0.15) is 5.75 Å². The van der Waals surface area contributed by atoms with Crippen LogP contribution in [-0.2, 0) is 24.8 Å². The fourth-order valence-corrected chi connectivity index (χ4v) is 3.23. The quantitative estimate of drug-likeness (QED) is 0.901. The molecule has 21 heavy (non-hydrogen) atoms. The molecule has 0 spiro atoms. The Kier molecular flexibility index (Phi) is 3.73. The van der Waals surface area contributed by atoms with Crippen LogP contribution in [0.5, 0.6) is 5.75 Å². The molecule has 1 atom stereocenters. The Balaban J connectivity index is 1.85. The molecule has 2 aromatic carbocycles. The molecule has 0 aliphatic heterocycles. The molecule has 1 aliphatic rings. The van der Waals surface area contributed by atoms with Crippen LogP contribution in [0.4, 0.5) is 0 Å². The van der Waals surface area contributed by atoms with Gasteiger partial charge in [-0.1, -0.05) is 30.3 Å². The molecular formula is C19H23NO. The molecular weight excluding hydrogens is 258 g/mol. The molecule has 0 amide bonds. The lowest BCUT2D eigenvalue weighted by Gasteiger charge is -2.27. The molecule has 2 nitrogen and oxygen atoms in total. The zero-order valence-corrected chi connectivity index (χ0v) is 12.6. The summed E-state index contributed by atoms with van der Waals surface area (Å²) in [7, 11) is 0. The minimum atomic E-state index is -0.385. The third-order valence-electron chi connectivity index (χ3n) is 4.52. The van der Waals surface area contributed by atoms with Crippen molar-refractivity contribution >= 4 is 0 Å². The molecule has 0 aromatic heterocycles. The summed E-state index contributed by atoms with van der Waals surface area (Å²) in [5.74, 6) is 0.297. The summed E-state index contributed by atoms with van der Waals surface area (Å²) in [6.07, 6.45) is 5.74. The van der Waals surface area contributed by atoms with Gasteiger partial charge in [-0.05, 0) is 73.4 Å². The smallest absolute Gasteiger partial charge is 0.115 e. The summed E-state index contributed by atoms with van der Waals surface area (Å²) in [6.45, 7) is 2.09. The van der Waals surface area contributed by atoms with Crippen LogP contribution in [0.2, 0.25) is 0 Å².